The van der Waals surface area contributed by atoms with Crippen LogP contribution in [0.25, 0.3) is 0 Å². The number of benzene rings is 3. The summed E-state index contributed by atoms with van der Waals surface area (Å²) in [6.07, 6.45) is 1.51. The van der Waals surface area contributed by atoms with Gasteiger partial charge in [-0.1, -0.05) is 47.5 Å². The number of aryl methyl sites for hydroxylation is 1. The van der Waals surface area contributed by atoms with Crippen LogP contribution in [0.1, 0.15) is 53.5 Å². The van der Waals surface area contributed by atoms with Crippen molar-refractivity contribution in [2.75, 3.05) is 25.0 Å². The zero-order valence-electron chi connectivity index (χ0n) is 23.1. The van der Waals surface area contributed by atoms with Crippen molar-refractivity contribution in [3.05, 3.63) is 98.8 Å². The Bertz CT molecular complexity index is 1580. The van der Waals surface area contributed by atoms with Crippen molar-refractivity contribution in [2.24, 2.45) is 0 Å². The molecule has 2 fully saturated rings. The molecule has 3 aliphatic rings. The second-order valence-corrected chi connectivity index (χ2v) is 12.2. The zero-order chi connectivity index (χ0) is 29.6. The molecule has 3 N–H and O–H groups in total. The van der Waals surface area contributed by atoms with Crippen LogP contribution in [-0.2, 0) is 19.8 Å². The maximum Gasteiger partial charge on any atom is 0.239 e. The van der Waals surface area contributed by atoms with Crippen LogP contribution in [0, 0.1) is 12.7 Å². The Morgan fingerprint density at radius 2 is 1.81 bits per heavy atom. The molecule has 3 aromatic rings. The van der Waals surface area contributed by atoms with Gasteiger partial charge in [-0.25, -0.2) is 4.39 Å². The number of halogens is 3. The molecule has 0 radical (unpaired) electrons. The van der Waals surface area contributed by atoms with Crippen LogP contribution in [0.3, 0.4) is 0 Å². The van der Waals surface area contributed by atoms with Crippen LogP contribution >= 0.6 is 23.2 Å². The lowest BCUT2D eigenvalue weighted by Gasteiger charge is -2.51. The molecule has 2 saturated heterocycles. The van der Waals surface area contributed by atoms with Crippen LogP contribution in [0.15, 0.2) is 60.7 Å². The molecule has 6 rings (SSSR count). The Morgan fingerprint density at radius 1 is 1.05 bits per heavy atom. The number of likely N-dealkylation sites (tertiary alicyclic amines) is 1. The van der Waals surface area contributed by atoms with E-state index in [0.717, 1.165) is 25.9 Å². The number of anilines is 1. The molecule has 0 saturated carbocycles. The summed E-state index contributed by atoms with van der Waals surface area (Å²) in [6.45, 7) is 3.13. The fourth-order valence-corrected chi connectivity index (χ4v) is 7.35. The highest BCUT2D eigenvalue weighted by Gasteiger charge is 2.63. The first-order valence-corrected chi connectivity index (χ1v) is 14.9. The monoisotopic (exact) mass is 608 g/mol. The number of piperidine rings is 2. The van der Waals surface area contributed by atoms with E-state index in [1.165, 1.54) is 17.0 Å². The normalized spacial score (nSPS) is 24.0. The van der Waals surface area contributed by atoms with Gasteiger partial charge in [0.25, 0.3) is 0 Å². The fraction of sp³-hybridized carbons (Fsp3) is 0.344. The highest BCUT2D eigenvalue weighted by molar-refractivity contribution is 6.31. The molecule has 0 aliphatic carbocycles. The molecule has 3 heterocycles. The van der Waals surface area contributed by atoms with E-state index in [1.54, 1.807) is 42.5 Å². The number of rotatable bonds is 5. The van der Waals surface area contributed by atoms with Crippen LogP contribution in [0.5, 0.6) is 0 Å². The van der Waals surface area contributed by atoms with E-state index in [1.807, 2.05) is 13.0 Å². The molecular weight excluding hydrogens is 578 g/mol. The SMILES string of the molecule is Cc1ccc(F)cc1C1N(CC(=O)NC2CCNCC2)C(=O)CC(c2cccc(Cl)c2)C12C(=O)Nc1cc(Cl)ccc12. The fourth-order valence-electron chi connectivity index (χ4n) is 6.98. The minimum atomic E-state index is -1.41. The molecule has 42 heavy (non-hydrogen) atoms. The molecular formula is C32H31Cl2FN4O3. The summed E-state index contributed by atoms with van der Waals surface area (Å²) in [6, 6.07) is 15.6. The Balaban J connectivity index is 1.56. The van der Waals surface area contributed by atoms with E-state index < -0.39 is 23.2 Å². The van der Waals surface area contributed by atoms with Crippen LogP contribution < -0.4 is 16.0 Å². The largest absolute Gasteiger partial charge is 0.352 e. The first-order chi connectivity index (χ1) is 20.2. The van der Waals surface area contributed by atoms with Gasteiger partial charge in [-0.3, -0.25) is 14.4 Å². The lowest BCUT2D eigenvalue weighted by Crippen LogP contribution is -2.60. The summed E-state index contributed by atoms with van der Waals surface area (Å²) >= 11 is 12.8. The summed E-state index contributed by atoms with van der Waals surface area (Å²) in [7, 11) is 0. The number of carbonyl (C=O) groups excluding carboxylic acids is 3. The summed E-state index contributed by atoms with van der Waals surface area (Å²) in [5, 5.41) is 10.3. The van der Waals surface area contributed by atoms with Crippen molar-refractivity contribution in [1.29, 1.82) is 0 Å². The van der Waals surface area contributed by atoms with Crippen molar-refractivity contribution in [1.82, 2.24) is 15.5 Å². The Morgan fingerprint density at radius 3 is 2.57 bits per heavy atom. The molecule has 218 valence electrons. The van der Waals surface area contributed by atoms with E-state index in [-0.39, 0.29) is 36.7 Å². The number of nitrogens with zero attached hydrogens (tertiary/aromatic N) is 1. The maximum atomic E-state index is 15.0. The van der Waals surface area contributed by atoms with Gasteiger partial charge in [0.2, 0.25) is 17.7 Å². The van der Waals surface area contributed by atoms with Crippen LogP contribution in [-0.4, -0.2) is 48.3 Å². The van der Waals surface area contributed by atoms with Crippen molar-refractivity contribution >= 4 is 46.6 Å². The summed E-state index contributed by atoms with van der Waals surface area (Å²) < 4.78 is 15.0. The minimum absolute atomic E-state index is 0.0150. The topological polar surface area (TPSA) is 90.5 Å². The minimum Gasteiger partial charge on any atom is -0.352 e. The number of carbonyl (C=O) groups is 3. The maximum absolute atomic E-state index is 15.0. The van der Waals surface area contributed by atoms with Gasteiger partial charge in [0.05, 0.1) is 6.04 Å². The molecule has 3 amide bonds. The van der Waals surface area contributed by atoms with Crippen LogP contribution in [0.4, 0.5) is 10.1 Å². The molecule has 0 aromatic heterocycles. The van der Waals surface area contributed by atoms with E-state index in [4.69, 9.17) is 23.2 Å². The highest BCUT2D eigenvalue weighted by atomic mass is 35.5. The number of hydrogen-bond donors (Lipinski definition) is 3. The number of nitrogens with one attached hydrogen (secondary N) is 3. The number of fused-ring (bicyclic) bond motifs is 2. The van der Waals surface area contributed by atoms with Gasteiger partial charge < -0.3 is 20.9 Å². The van der Waals surface area contributed by atoms with Crippen molar-refractivity contribution in [3.8, 4) is 0 Å². The first kappa shape index (κ1) is 28.6. The molecule has 3 unspecified atom stereocenters. The second-order valence-electron chi connectivity index (χ2n) is 11.3. The van der Waals surface area contributed by atoms with Crippen molar-refractivity contribution in [2.45, 2.75) is 49.6 Å². The molecule has 3 atom stereocenters. The van der Waals surface area contributed by atoms with Gasteiger partial charge in [-0.15, -0.1) is 0 Å². The first-order valence-electron chi connectivity index (χ1n) is 14.1. The quantitative estimate of drug-likeness (QED) is 0.369. The Labute approximate surface area is 253 Å². The number of hydrogen-bond acceptors (Lipinski definition) is 4. The lowest BCUT2D eigenvalue weighted by atomic mass is 9.58. The van der Waals surface area contributed by atoms with Crippen LogP contribution in [0.2, 0.25) is 10.0 Å². The predicted molar refractivity (Wildman–Crippen MR) is 160 cm³/mol. The molecule has 1 spiro atoms. The molecule has 3 aromatic carbocycles. The smallest absolute Gasteiger partial charge is 0.239 e. The molecule has 3 aliphatic heterocycles. The third-order valence-corrected chi connectivity index (χ3v) is 9.32. The third kappa shape index (κ3) is 4.95. The average Bonchev–Trinajstić information content (AvgIpc) is 3.23. The Hall–Kier alpha value is -3.46. The molecule has 7 nitrogen and oxygen atoms in total. The summed E-state index contributed by atoms with van der Waals surface area (Å²) in [5.74, 6) is -2.15. The van der Waals surface area contributed by atoms with Gasteiger partial charge >= 0.3 is 0 Å². The van der Waals surface area contributed by atoms with E-state index in [2.05, 4.69) is 16.0 Å². The molecule has 0 bridgehead atoms. The highest BCUT2D eigenvalue weighted by Crippen LogP contribution is 2.60. The molecule has 10 heteroatoms. The van der Waals surface area contributed by atoms with Crippen molar-refractivity contribution in [3.63, 3.8) is 0 Å². The number of amides is 3. The Kier molecular flexibility index (Phi) is 7.72. The van der Waals surface area contributed by atoms with Gasteiger partial charge in [0.1, 0.15) is 17.8 Å². The van der Waals surface area contributed by atoms with Gasteiger partial charge in [-0.2, -0.15) is 0 Å². The standard InChI is InChI=1S/C32H31Cl2FN4O3/c1-18-5-7-22(35)15-24(18)30-32(25-8-6-21(34)14-27(25)38-31(32)42)26(19-3-2-4-20(33)13-19)16-29(41)39(30)17-28(40)37-23-9-11-36-12-10-23/h2-8,13-15,23,26,30,36H,9-12,16-17H2,1H3,(H,37,40)(H,38,42). The van der Waals surface area contributed by atoms with E-state index in [0.29, 0.717) is 38.0 Å². The van der Waals surface area contributed by atoms with Crippen molar-refractivity contribution < 1.29 is 18.8 Å². The van der Waals surface area contributed by atoms with E-state index in [9.17, 15) is 18.8 Å². The summed E-state index contributed by atoms with van der Waals surface area (Å²) in [4.78, 5) is 43.6. The second kappa shape index (κ2) is 11.3. The zero-order valence-corrected chi connectivity index (χ0v) is 24.6. The predicted octanol–water partition coefficient (Wildman–Crippen LogP) is 5.26. The average molecular weight is 610 g/mol. The lowest BCUT2D eigenvalue weighted by molar-refractivity contribution is -0.149. The summed E-state index contributed by atoms with van der Waals surface area (Å²) in [5.41, 5.74) is 1.60. The van der Waals surface area contributed by atoms with Gasteiger partial charge in [0, 0.05) is 34.1 Å². The van der Waals surface area contributed by atoms with Gasteiger partial charge in [-0.05, 0) is 91.5 Å². The van der Waals surface area contributed by atoms with Gasteiger partial charge in [0.15, 0.2) is 0 Å². The van der Waals surface area contributed by atoms with E-state index >= 15 is 0 Å². The third-order valence-electron chi connectivity index (χ3n) is 8.85.